The van der Waals surface area contributed by atoms with E-state index in [4.69, 9.17) is 4.52 Å². The number of nitrogens with zero attached hydrogens (tertiary/aromatic N) is 1. The summed E-state index contributed by atoms with van der Waals surface area (Å²) >= 11 is 0. The summed E-state index contributed by atoms with van der Waals surface area (Å²) in [5.74, 6) is -0.472. The molecule has 1 atom stereocenters. The molecule has 0 radical (unpaired) electrons. The molecular formula is C20H19FN4O3. The van der Waals surface area contributed by atoms with Crippen LogP contribution in [0.3, 0.4) is 0 Å². The minimum Gasteiger partial charge on any atom is -0.370 e. The molecule has 28 heavy (non-hydrogen) atoms. The summed E-state index contributed by atoms with van der Waals surface area (Å²) in [4.78, 5) is 24.1. The molecule has 7 nitrogen and oxygen atoms in total. The number of hydrogen-bond acceptors (Lipinski definition) is 5. The van der Waals surface area contributed by atoms with Crippen molar-refractivity contribution in [3.8, 4) is 0 Å². The third-order valence-corrected chi connectivity index (χ3v) is 3.86. The maximum atomic E-state index is 13.9. The molecule has 0 aliphatic carbocycles. The molecule has 1 unspecified atom stereocenters. The van der Waals surface area contributed by atoms with Gasteiger partial charge in [-0.2, -0.15) is 0 Å². The smallest absolute Gasteiger partial charge is 0.252 e. The van der Waals surface area contributed by atoms with Gasteiger partial charge in [0.05, 0.1) is 5.69 Å². The number of rotatable bonds is 6. The number of hydrogen-bond donors (Lipinski definition) is 3. The summed E-state index contributed by atoms with van der Waals surface area (Å²) < 4.78 is 18.9. The van der Waals surface area contributed by atoms with Crippen molar-refractivity contribution >= 4 is 29.0 Å². The van der Waals surface area contributed by atoms with Gasteiger partial charge in [0.15, 0.2) is 5.82 Å². The Morgan fingerprint density at radius 1 is 1.07 bits per heavy atom. The maximum absolute atomic E-state index is 13.9. The van der Waals surface area contributed by atoms with Gasteiger partial charge in [0.2, 0.25) is 5.91 Å². The Bertz CT molecular complexity index is 988. The molecule has 3 N–H and O–H groups in total. The van der Waals surface area contributed by atoms with Crippen LogP contribution >= 0.6 is 0 Å². The fourth-order valence-corrected chi connectivity index (χ4v) is 2.64. The molecule has 0 aliphatic heterocycles. The fraction of sp³-hybridized carbons (Fsp3) is 0.150. The van der Waals surface area contributed by atoms with Crippen molar-refractivity contribution < 1.29 is 18.5 Å². The predicted molar refractivity (Wildman–Crippen MR) is 103 cm³/mol. The average molecular weight is 382 g/mol. The van der Waals surface area contributed by atoms with Gasteiger partial charge in [0, 0.05) is 18.7 Å². The second-order valence-corrected chi connectivity index (χ2v) is 6.18. The normalized spacial score (nSPS) is 11.5. The van der Waals surface area contributed by atoms with E-state index in [0.717, 1.165) is 0 Å². The molecule has 1 heterocycles. The van der Waals surface area contributed by atoms with Gasteiger partial charge in [-0.05, 0) is 30.7 Å². The topological polar surface area (TPSA) is 96.3 Å². The molecule has 0 fully saturated rings. The number of aryl methyl sites for hydroxylation is 1. The third kappa shape index (κ3) is 4.73. The van der Waals surface area contributed by atoms with Crippen molar-refractivity contribution in [2.75, 3.05) is 16.0 Å². The van der Waals surface area contributed by atoms with Crippen molar-refractivity contribution in [1.29, 1.82) is 0 Å². The van der Waals surface area contributed by atoms with Crippen LogP contribution in [0.15, 0.2) is 59.1 Å². The van der Waals surface area contributed by atoms with Crippen LogP contribution in [0.5, 0.6) is 0 Å². The summed E-state index contributed by atoms with van der Waals surface area (Å²) in [5.41, 5.74) is 1.19. The summed E-state index contributed by atoms with van der Waals surface area (Å²) in [6.45, 7) is 3.01. The highest BCUT2D eigenvalue weighted by molar-refractivity contribution is 5.97. The van der Waals surface area contributed by atoms with Crippen molar-refractivity contribution in [3.63, 3.8) is 0 Å². The Morgan fingerprint density at radius 2 is 1.82 bits per heavy atom. The zero-order chi connectivity index (χ0) is 20.1. The number of carbonyl (C=O) groups is 2. The van der Waals surface area contributed by atoms with Crippen LogP contribution in [0.4, 0.5) is 21.6 Å². The van der Waals surface area contributed by atoms with Gasteiger partial charge in [-0.1, -0.05) is 35.5 Å². The van der Waals surface area contributed by atoms with E-state index in [0.29, 0.717) is 22.8 Å². The molecular weight excluding hydrogens is 363 g/mol. The van der Waals surface area contributed by atoms with Crippen LogP contribution in [0.1, 0.15) is 24.3 Å². The van der Waals surface area contributed by atoms with Gasteiger partial charge in [0.1, 0.15) is 17.6 Å². The van der Waals surface area contributed by atoms with Gasteiger partial charge in [-0.15, -0.1) is 0 Å². The van der Waals surface area contributed by atoms with E-state index in [9.17, 15) is 14.0 Å². The molecule has 3 aromatic rings. The lowest BCUT2D eigenvalue weighted by Crippen LogP contribution is -2.27. The van der Waals surface area contributed by atoms with Crippen LogP contribution in [0, 0.1) is 12.7 Å². The average Bonchev–Trinajstić information content (AvgIpc) is 3.07. The lowest BCUT2D eigenvalue weighted by Gasteiger charge is -2.20. The van der Waals surface area contributed by atoms with Crippen molar-refractivity contribution in [2.45, 2.75) is 19.9 Å². The maximum Gasteiger partial charge on any atom is 0.252 e. The van der Waals surface area contributed by atoms with E-state index in [1.807, 2.05) is 18.2 Å². The molecule has 1 aromatic heterocycles. The van der Waals surface area contributed by atoms with E-state index >= 15 is 0 Å². The lowest BCUT2D eigenvalue weighted by atomic mass is 10.1. The molecule has 0 aliphatic rings. The van der Waals surface area contributed by atoms with E-state index in [1.165, 1.54) is 25.1 Å². The summed E-state index contributed by atoms with van der Waals surface area (Å²) in [7, 11) is 0. The number of nitrogens with one attached hydrogen (secondary N) is 3. The Kier molecular flexibility index (Phi) is 5.69. The summed E-state index contributed by atoms with van der Waals surface area (Å²) in [5, 5.41) is 12.0. The Labute approximate surface area is 160 Å². The summed E-state index contributed by atoms with van der Waals surface area (Å²) in [6, 6.07) is 14.0. The van der Waals surface area contributed by atoms with Gasteiger partial charge < -0.3 is 20.5 Å². The SMILES string of the molecule is CC(=O)Nc1cc(NC(C(=O)Nc2cc(C)on2)c2ccccc2)ccc1F. The second-order valence-electron chi connectivity index (χ2n) is 6.18. The minimum atomic E-state index is -0.783. The number of anilines is 3. The fourth-order valence-electron chi connectivity index (χ4n) is 2.64. The third-order valence-electron chi connectivity index (χ3n) is 3.86. The van der Waals surface area contributed by atoms with E-state index < -0.39 is 17.8 Å². The summed E-state index contributed by atoms with van der Waals surface area (Å²) in [6.07, 6.45) is 0. The molecule has 3 rings (SSSR count). The first-order chi connectivity index (χ1) is 13.4. The quantitative estimate of drug-likeness (QED) is 0.601. The standard InChI is InChI=1S/C20H19FN4O3/c1-12-10-18(25-28-12)24-20(27)19(14-6-4-3-5-7-14)23-15-8-9-16(21)17(11-15)22-13(2)26/h3-11,19,23H,1-2H3,(H,22,26)(H,24,25,27). The van der Waals surface area contributed by atoms with Crippen LogP contribution in [0.25, 0.3) is 0 Å². The van der Waals surface area contributed by atoms with Crippen molar-refractivity contribution in [1.82, 2.24) is 5.16 Å². The molecule has 0 spiro atoms. The van der Waals surface area contributed by atoms with E-state index in [1.54, 1.807) is 25.1 Å². The monoisotopic (exact) mass is 382 g/mol. The number of amides is 2. The number of halogens is 1. The van der Waals surface area contributed by atoms with Crippen LogP contribution in [-0.2, 0) is 9.59 Å². The second kappa shape index (κ2) is 8.34. The van der Waals surface area contributed by atoms with Gasteiger partial charge >= 0.3 is 0 Å². The molecule has 144 valence electrons. The van der Waals surface area contributed by atoms with Crippen molar-refractivity contribution in [3.05, 3.63) is 71.7 Å². The Morgan fingerprint density at radius 3 is 2.46 bits per heavy atom. The van der Waals surface area contributed by atoms with Crippen molar-refractivity contribution in [2.24, 2.45) is 0 Å². The van der Waals surface area contributed by atoms with Gasteiger partial charge in [-0.3, -0.25) is 9.59 Å². The largest absolute Gasteiger partial charge is 0.370 e. The molecule has 8 heteroatoms. The minimum absolute atomic E-state index is 0.0249. The van der Waals surface area contributed by atoms with Gasteiger partial charge in [0.25, 0.3) is 5.91 Å². The molecule has 0 bridgehead atoms. The Hall–Kier alpha value is -3.68. The number of benzene rings is 2. The van der Waals surface area contributed by atoms with E-state index in [2.05, 4.69) is 21.1 Å². The van der Waals surface area contributed by atoms with E-state index in [-0.39, 0.29) is 11.6 Å². The van der Waals surface area contributed by atoms with Crippen LogP contribution < -0.4 is 16.0 Å². The predicted octanol–water partition coefficient (Wildman–Crippen LogP) is 3.87. The first-order valence-electron chi connectivity index (χ1n) is 8.55. The first kappa shape index (κ1) is 19.1. The molecule has 2 amide bonds. The zero-order valence-corrected chi connectivity index (χ0v) is 15.3. The zero-order valence-electron chi connectivity index (χ0n) is 15.3. The van der Waals surface area contributed by atoms with Crippen LogP contribution in [-0.4, -0.2) is 17.0 Å². The molecule has 2 aromatic carbocycles. The lowest BCUT2D eigenvalue weighted by molar-refractivity contribution is -0.117. The number of aromatic nitrogens is 1. The molecule has 0 saturated heterocycles. The number of carbonyl (C=O) groups excluding carboxylic acids is 2. The van der Waals surface area contributed by atoms with Gasteiger partial charge in [-0.25, -0.2) is 4.39 Å². The first-order valence-corrected chi connectivity index (χ1v) is 8.55. The molecule has 0 saturated carbocycles. The highest BCUT2D eigenvalue weighted by atomic mass is 19.1. The Balaban J connectivity index is 1.87. The highest BCUT2D eigenvalue weighted by Gasteiger charge is 2.22. The highest BCUT2D eigenvalue weighted by Crippen LogP contribution is 2.25. The van der Waals surface area contributed by atoms with Crippen LogP contribution in [0.2, 0.25) is 0 Å².